The minimum atomic E-state index is -0.256. The predicted octanol–water partition coefficient (Wildman–Crippen LogP) is 5.23. The molecule has 2 aromatic carbocycles. The van der Waals surface area contributed by atoms with E-state index in [4.69, 9.17) is 40.2 Å². The highest BCUT2D eigenvalue weighted by atomic mass is 35.5. The van der Waals surface area contributed by atoms with E-state index in [1.807, 2.05) is 0 Å². The maximum atomic E-state index is 12.7. The van der Waals surface area contributed by atoms with Gasteiger partial charge in [0, 0.05) is 18.7 Å². The van der Waals surface area contributed by atoms with E-state index in [0.717, 1.165) is 0 Å². The van der Waals surface area contributed by atoms with Crippen LogP contribution in [-0.4, -0.2) is 34.7 Å². The van der Waals surface area contributed by atoms with Gasteiger partial charge in [-0.05, 0) is 42.0 Å². The molecular weight excluding hydrogens is 451 g/mol. The Kier molecular flexibility index (Phi) is 7.18. The molecule has 0 spiro atoms. The van der Waals surface area contributed by atoms with Gasteiger partial charge in [-0.2, -0.15) is 0 Å². The molecule has 0 bridgehead atoms. The Morgan fingerprint density at radius 3 is 2.66 bits per heavy atom. The summed E-state index contributed by atoms with van der Waals surface area (Å²) >= 11 is 18.7. The predicted molar refractivity (Wildman–Crippen MR) is 123 cm³/mol. The molecule has 0 radical (unpaired) electrons. The molecule has 0 aromatic heterocycles. The number of anilines is 1. The van der Waals surface area contributed by atoms with Gasteiger partial charge in [0.15, 0.2) is 0 Å². The summed E-state index contributed by atoms with van der Waals surface area (Å²) in [6.07, 6.45) is 1.77. The van der Waals surface area contributed by atoms with Crippen LogP contribution < -0.4 is 10.1 Å². The van der Waals surface area contributed by atoms with Gasteiger partial charge >= 0.3 is 0 Å². The van der Waals surface area contributed by atoms with E-state index >= 15 is 0 Å². The van der Waals surface area contributed by atoms with Crippen molar-refractivity contribution in [2.45, 2.75) is 6.42 Å². The summed E-state index contributed by atoms with van der Waals surface area (Å²) in [6, 6.07) is 12.2. The Bertz CT molecular complexity index is 994. The highest BCUT2D eigenvalue weighted by Gasteiger charge is 2.32. The molecule has 1 aliphatic heterocycles. The Morgan fingerprint density at radius 1 is 1.24 bits per heavy atom. The van der Waals surface area contributed by atoms with Crippen LogP contribution in [0.25, 0.3) is 6.08 Å². The van der Waals surface area contributed by atoms with E-state index in [2.05, 4.69) is 5.32 Å². The normalized spacial score (nSPS) is 15.1. The average Bonchev–Trinajstić information content (AvgIpc) is 2.97. The first-order chi connectivity index (χ1) is 13.9. The van der Waals surface area contributed by atoms with Crippen molar-refractivity contribution in [3.63, 3.8) is 0 Å². The zero-order chi connectivity index (χ0) is 21.0. The average molecular weight is 467 g/mol. The number of methoxy groups -OCH3 is 1. The fourth-order valence-corrected chi connectivity index (χ4v) is 4.24. The van der Waals surface area contributed by atoms with E-state index in [0.29, 0.717) is 36.3 Å². The van der Waals surface area contributed by atoms with E-state index in [1.165, 1.54) is 16.7 Å². The highest BCUT2D eigenvalue weighted by Crippen LogP contribution is 2.35. The van der Waals surface area contributed by atoms with Gasteiger partial charge in [0.05, 0.1) is 22.1 Å². The molecule has 29 heavy (non-hydrogen) atoms. The molecule has 0 atom stereocenters. The molecule has 9 heteroatoms. The largest absolute Gasteiger partial charge is 0.497 e. The summed E-state index contributed by atoms with van der Waals surface area (Å²) in [6.45, 7) is 0.188. The summed E-state index contributed by atoms with van der Waals surface area (Å²) in [5.41, 5.74) is 1.29. The zero-order valence-corrected chi connectivity index (χ0v) is 18.4. The van der Waals surface area contributed by atoms with Crippen molar-refractivity contribution < 1.29 is 14.3 Å². The fraction of sp³-hybridized carbons (Fsp3) is 0.150. The number of halogens is 2. The number of carbonyl (C=O) groups excluding carboxylic acids is 2. The Morgan fingerprint density at radius 2 is 1.97 bits per heavy atom. The third kappa shape index (κ3) is 5.30. The van der Waals surface area contributed by atoms with Gasteiger partial charge in [-0.25, -0.2) is 0 Å². The molecule has 2 amide bonds. The SMILES string of the molecule is COc1ccc(NC(=O)CCN2C(=O)/C(=C/c3cccc(Cl)c3Cl)SC2=S)cc1. The fourth-order valence-electron chi connectivity index (χ4n) is 2.58. The van der Waals surface area contributed by atoms with Gasteiger partial charge in [-0.15, -0.1) is 0 Å². The highest BCUT2D eigenvalue weighted by molar-refractivity contribution is 8.26. The Labute approximate surface area is 188 Å². The van der Waals surface area contributed by atoms with Crippen LogP contribution in [0.15, 0.2) is 47.4 Å². The van der Waals surface area contributed by atoms with E-state index in [1.54, 1.807) is 55.7 Å². The number of carbonyl (C=O) groups is 2. The number of nitrogens with zero attached hydrogens (tertiary/aromatic N) is 1. The first-order valence-corrected chi connectivity index (χ1v) is 10.5. The van der Waals surface area contributed by atoms with Crippen molar-refractivity contribution in [3.05, 3.63) is 63.0 Å². The Hall–Kier alpha value is -2.06. The van der Waals surface area contributed by atoms with Crippen molar-refractivity contribution >= 4 is 75.1 Å². The summed E-state index contributed by atoms with van der Waals surface area (Å²) in [7, 11) is 1.57. The number of amides is 2. The molecule has 1 fully saturated rings. The van der Waals surface area contributed by atoms with Gasteiger partial charge in [-0.1, -0.05) is 59.3 Å². The first kappa shape index (κ1) is 21.6. The van der Waals surface area contributed by atoms with Gasteiger partial charge in [0.2, 0.25) is 5.91 Å². The summed E-state index contributed by atoms with van der Waals surface area (Å²) in [4.78, 5) is 26.8. The molecule has 1 N–H and O–H groups in total. The molecule has 2 aromatic rings. The number of hydrogen-bond acceptors (Lipinski definition) is 5. The molecule has 0 unspecified atom stereocenters. The van der Waals surface area contributed by atoms with Crippen LogP contribution in [-0.2, 0) is 9.59 Å². The van der Waals surface area contributed by atoms with E-state index < -0.39 is 0 Å². The lowest BCUT2D eigenvalue weighted by atomic mass is 10.2. The molecule has 0 saturated carbocycles. The third-order valence-corrected chi connectivity index (χ3v) is 6.29. The summed E-state index contributed by atoms with van der Waals surface area (Å²) in [5.74, 6) is 0.228. The van der Waals surface area contributed by atoms with Crippen LogP contribution in [0.2, 0.25) is 10.0 Å². The topological polar surface area (TPSA) is 58.6 Å². The van der Waals surface area contributed by atoms with Gasteiger partial charge in [0.1, 0.15) is 10.1 Å². The molecule has 0 aliphatic carbocycles. The molecule has 1 saturated heterocycles. The van der Waals surface area contributed by atoms with Gasteiger partial charge in [0.25, 0.3) is 5.91 Å². The zero-order valence-electron chi connectivity index (χ0n) is 15.3. The second-order valence-corrected chi connectivity index (χ2v) is 8.46. The second kappa shape index (κ2) is 9.63. The van der Waals surface area contributed by atoms with Crippen LogP contribution >= 0.6 is 47.2 Å². The second-order valence-electron chi connectivity index (χ2n) is 6.00. The maximum absolute atomic E-state index is 12.7. The lowest BCUT2D eigenvalue weighted by molar-refractivity contribution is -0.122. The van der Waals surface area contributed by atoms with Crippen molar-refractivity contribution in [3.8, 4) is 5.75 Å². The van der Waals surface area contributed by atoms with Crippen LogP contribution in [0, 0.1) is 0 Å². The van der Waals surface area contributed by atoms with E-state index in [9.17, 15) is 9.59 Å². The van der Waals surface area contributed by atoms with Crippen molar-refractivity contribution in [1.29, 1.82) is 0 Å². The Balaban J connectivity index is 1.61. The smallest absolute Gasteiger partial charge is 0.266 e. The number of nitrogens with one attached hydrogen (secondary N) is 1. The minimum absolute atomic E-state index is 0.115. The molecule has 1 heterocycles. The van der Waals surface area contributed by atoms with Gasteiger partial charge < -0.3 is 10.1 Å². The number of ether oxygens (including phenoxy) is 1. The van der Waals surface area contributed by atoms with Crippen LogP contribution in [0.4, 0.5) is 5.69 Å². The molecule has 5 nitrogen and oxygen atoms in total. The van der Waals surface area contributed by atoms with Crippen molar-refractivity contribution in [1.82, 2.24) is 4.90 Å². The summed E-state index contributed by atoms with van der Waals surface area (Å²) in [5, 5.41) is 3.56. The maximum Gasteiger partial charge on any atom is 0.266 e. The van der Waals surface area contributed by atoms with Crippen LogP contribution in [0.5, 0.6) is 5.75 Å². The third-order valence-electron chi connectivity index (χ3n) is 4.08. The number of hydrogen-bond donors (Lipinski definition) is 1. The van der Waals surface area contributed by atoms with Gasteiger partial charge in [-0.3, -0.25) is 14.5 Å². The van der Waals surface area contributed by atoms with E-state index in [-0.39, 0.29) is 24.8 Å². The number of thiocarbonyl (C=S) groups is 1. The standard InChI is InChI=1S/C20H16Cl2N2O3S2/c1-27-14-7-5-13(6-8-14)23-17(25)9-10-24-19(26)16(29-20(24)28)11-12-3-2-4-15(21)18(12)22/h2-8,11H,9-10H2,1H3,(H,23,25)/b16-11-. The minimum Gasteiger partial charge on any atom is -0.497 e. The summed E-state index contributed by atoms with van der Waals surface area (Å²) < 4.78 is 5.48. The molecular formula is C20H16Cl2N2O3S2. The molecule has 3 rings (SSSR count). The van der Waals surface area contributed by atoms with Crippen LogP contribution in [0.1, 0.15) is 12.0 Å². The van der Waals surface area contributed by atoms with Crippen LogP contribution in [0.3, 0.4) is 0 Å². The lowest BCUT2D eigenvalue weighted by Crippen LogP contribution is -2.31. The molecule has 150 valence electrons. The lowest BCUT2D eigenvalue weighted by Gasteiger charge is -2.14. The first-order valence-electron chi connectivity index (χ1n) is 8.52. The van der Waals surface area contributed by atoms with Crippen molar-refractivity contribution in [2.75, 3.05) is 19.0 Å². The monoisotopic (exact) mass is 466 g/mol. The number of thioether (sulfide) groups is 1. The number of rotatable bonds is 6. The van der Waals surface area contributed by atoms with Crippen molar-refractivity contribution in [2.24, 2.45) is 0 Å². The number of benzene rings is 2. The quantitative estimate of drug-likeness (QED) is 0.466. The molecule has 1 aliphatic rings.